The maximum absolute atomic E-state index is 13.0. The van der Waals surface area contributed by atoms with E-state index in [0.717, 1.165) is 17.2 Å². The summed E-state index contributed by atoms with van der Waals surface area (Å²) < 4.78 is 6.84. The van der Waals surface area contributed by atoms with E-state index in [4.69, 9.17) is 16.3 Å². The van der Waals surface area contributed by atoms with Crippen LogP contribution in [-0.2, 0) is 19.1 Å². The van der Waals surface area contributed by atoms with Gasteiger partial charge in [0.25, 0.3) is 0 Å². The quantitative estimate of drug-likeness (QED) is 0.467. The molecule has 2 aromatic rings. The highest BCUT2D eigenvalue weighted by atomic mass is 35.5. The zero-order chi connectivity index (χ0) is 23.1. The maximum atomic E-state index is 13.0. The number of aliphatic hydroxyl groups is 3. The van der Waals surface area contributed by atoms with Gasteiger partial charge >= 0.3 is 0 Å². The van der Waals surface area contributed by atoms with Gasteiger partial charge in [-0.3, -0.25) is 19.0 Å². The average Bonchev–Trinajstić information content (AvgIpc) is 3.30. The minimum atomic E-state index is -2.91. The van der Waals surface area contributed by atoms with Gasteiger partial charge in [0, 0.05) is 19.3 Å². The lowest BCUT2D eigenvalue weighted by Gasteiger charge is -2.39. The number of ketones is 3. The summed E-state index contributed by atoms with van der Waals surface area (Å²) in [6.07, 6.45) is -4.05. The summed E-state index contributed by atoms with van der Waals surface area (Å²) in [7, 11) is 0. The highest BCUT2D eigenvalue weighted by Gasteiger charge is 2.74. The molecule has 168 valence electrons. The molecule has 11 nitrogen and oxygen atoms in total. The van der Waals surface area contributed by atoms with Gasteiger partial charge in [0.1, 0.15) is 24.1 Å². The topological polar surface area (TPSA) is 165 Å². The fraction of sp³-hybridized carbons (Fsp3) is 0.579. The summed E-state index contributed by atoms with van der Waals surface area (Å²) >= 11 is 6.02. The van der Waals surface area contributed by atoms with E-state index in [-0.39, 0.29) is 35.6 Å². The normalized spacial score (nSPS) is 29.3. The number of carbonyl (C=O) groups excluding carboxylic acids is 3. The first-order valence-corrected chi connectivity index (χ1v) is 10.2. The van der Waals surface area contributed by atoms with E-state index in [2.05, 4.69) is 15.0 Å². The van der Waals surface area contributed by atoms with Crippen molar-refractivity contribution in [2.24, 2.45) is 0 Å². The van der Waals surface area contributed by atoms with Gasteiger partial charge in [-0.25, -0.2) is 15.0 Å². The Morgan fingerprint density at radius 2 is 1.71 bits per heavy atom. The smallest absolute Gasteiger partial charge is 0.207 e. The Balaban J connectivity index is 2.29. The molecule has 3 heterocycles. The molecule has 1 unspecified atom stereocenters. The van der Waals surface area contributed by atoms with Gasteiger partial charge in [-0.1, -0.05) is 32.4 Å². The van der Waals surface area contributed by atoms with E-state index in [1.165, 1.54) is 20.8 Å². The fourth-order valence-corrected chi connectivity index (χ4v) is 4.12. The number of aromatic nitrogens is 4. The second-order valence-corrected chi connectivity index (χ2v) is 7.61. The van der Waals surface area contributed by atoms with Crippen LogP contribution in [0.5, 0.6) is 0 Å². The Labute approximate surface area is 182 Å². The molecule has 1 fully saturated rings. The van der Waals surface area contributed by atoms with Gasteiger partial charge < -0.3 is 20.1 Å². The predicted molar refractivity (Wildman–Crippen MR) is 106 cm³/mol. The molecule has 1 aliphatic rings. The molecule has 3 N–H and O–H groups in total. The van der Waals surface area contributed by atoms with E-state index in [9.17, 15) is 29.7 Å². The van der Waals surface area contributed by atoms with E-state index >= 15 is 0 Å². The number of imidazole rings is 1. The lowest BCUT2D eigenvalue weighted by molar-refractivity contribution is -0.186. The number of rotatable bonds is 8. The summed E-state index contributed by atoms with van der Waals surface area (Å²) in [6, 6.07) is 0. The van der Waals surface area contributed by atoms with Crippen molar-refractivity contribution in [2.45, 2.75) is 69.7 Å². The van der Waals surface area contributed by atoms with Crippen molar-refractivity contribution in [3.8, 4) is 0 Å². The maximum Gasteiger partial charge on any atom is 0.207 e. The van der Waals surface area contributed by atoms with Crippen molar-refractivity contribution in [1.82, 2.24) is 19.5 Å². The number of hydrogen-bond donors (Lipinski definition) is 3. The molecule has 31 heavy (non-hydrogen) atoms. The zero-order valence-electron chi connectivity index (χ0n) is 17.1. The highest BCUT2D eigenvalue weighted by Crippen LogP contribution is 2.49. The summed E-state index contributed by atoms with van der Waals surface area (Å²) in [6.45, 7) is 4.32. The van der Waals surface area contributed by atoms with Crippen LogP contribution in [0.1, 0.15) is 46.3 Å². The SMILES string of the molecule is CCC(=O)C(O)[C@H]1O[C@@H](n2cnc3c(Cl)ncnc32)[C@@](O)(C(=O)CC)[C@@]1(O)C(=O)CC. The van der Waals surface area contributed by atoms with Crippen LogP contribution in [0.4, 0.5) is 0 Å². The van der Waals surface area contributed by atoms with E-state index < -0.39 is 47.0 Å². The third kappa shape index (κ3) is 3.19. The predicted octanol–water partition coefficient (Wildman–Crippen LogP) is 0.137. The average molecular weight is 455 g/mol. The molecule has 0 aromatic carbocycles. The van der Waals surface area contributed by atoms with Gasteiger partial charge in [-0.15, -0.1) is 0 Å². The molecule has 0 amide bonds. The Hall–Kier alpha value is -2.31. The third-order valence-electron chi connectivity index (χ3n) is 5.65. The number of fused-ring (bicyclic) bond motifs is 1. The van der Waals surface area contributed by atoms with Crippen molar-refractivity contribution >= 4 is 40.1 Å². The van der Waals surface area contributed by atoms with Crippen molar-refractivity contribution in [3.05, 3.63) is 17.8 Å². The standard InChI is InChI=1S/C19H23ClN4O7/c1-4-9(25)13(28)14-18(29,10(26)5-2)19(30,11(27)6-3)17(31-14)24-8-23-12-15(20)21-7-22-16(12)24/h7-8,13-14,17,28-30H,4-6H2,1-3H3/t13?,14-,17-,18-,19+/m1/s1. The van der Waals surface area contributed by atoms with Crippen LogP contribution < -0.4 is 0 Å². The molecule has 2 aromatic heterocycles. The lowest BCUT2D eigenvalue weighted by Crippen LogP contribution is -2.68. The Kier molecular flexibility index (Phi) is 6.27. The van der Waals surface area contributed by atoms with Crippen LogP contribution in [0.25, 0.3) is 11.2 Å². The number of ether oxygens (including phenoxy) is 1. The van der Waals surface area contributed by atoms with Crippen molar-refractivity contribution in [1.29, 1.82) is 0 Å². The van der Waals surface area contributed by atoms with Crippen molar-refractivity contribution < 1.29 is 34.4 Å². The molecule has 1 saturated heterocycles. The van der Waals surface area contributed by atoms with Crippen molar-refractivity contribution in [3.63, 3.8) is 0 Å². The van der Waals surface area contributed by atoms with Crippen molar-refractivity contribution in [2.75, 3.05) is 0 Å². The molecule has 0 spiro atoms. The Bertz CT molecular complexity index is 1040. The third-order valence-corrected chi connectivity index (χ3v) is 5.93. The molecule has 5 atom stereocenters. The minimum absolute atomic E-state index is 0.00949. The van der Waals surface area contributed by atoms with Gasteiger partial charge in [-0.2, -0.15) is 0 Å². The van der Waals surface area contributed by atoms with Crippen LogP contribution in [-0.4, -0.2) is 75.6 Å². The number of hydrogen-bond acceptors (Lipinski definition) is 10. The molecule has 0 saturated carbocycles. The minimum Gasteiger partial charge on any atom is -0.382 e. The molecule has 0 radical (unpaired) electrons. The fourth-order valence-electron chi connectivity index (χ4n) is 3.94. The summed E-state index contributed by atoms with van der Waals surface area (Å²) in [5.74, 6) is -2.63. The summed E-state index contributed by atoms with van der Waals surface area (Å²) in [5, 5.41) is 33.7. The molecule has 1 aliphatic heterocycles. The first-order chi connectivity index (χ1) is 14.6. The van der Waals surface area contributed by atoms with Gasteiger partial charge in [-0.05, 0) is 0 Å². The van der Waals surface area contributed by atoms with Crippen LogP contribution >= 0.6 is 11.6 Å². The van der Waals surface area contributed by atoms with E-state index in [1.54, 1.807) is 0 Å². The Morgan fingerprint density at radius 1 is 1.10 bits per heavy atom. The first-order valence-electron chi connectivity index (χ1n) is 9.79. The number of nitrogens with zero attached hydrogens (tertiary/aromatic N) is 4. The zero-order valence-corrected chi connectivity index (χ0v) is 17.9. The number of carbonyl (C=O) groups is 3. The monoisotopic (exact) mass is 454 g/mol. The molecule has 0 aliphatic carbocycles. The van der Waals surface area contributed by atoms with Crippen LogP contribution in [0.3, 0.4) is 0 Å². The number of aliphatic hydroxyl groups excluding tert-OH is 1. The van der Waals surface area contributed by atoms with Gasteiger partial charge in [0.05, 0.1) is 6.33 Å². The van der Waals surface area contributed by atoms with E-state index in [1.807, 2.05) is 0 Å². The highest BCUT2D eigenvalue weighted by molar-refractivity contribution is 6.33. The molecule has 12 heteroatoms. The van der Waals surface area contributed by atoms with Crippen LogP contribution in [0, 0.1) is 0 Å². The van der Waals surface area contributed by atoms with E-state index in [0.29, 0.717) is 0 Å². The first kappa shape index (κ1) is 23.4. The molecule has 0 bridgehead atoms. The molecule has 3 rings (SSSR count). The summed E-state index contributed by atoms with van der Waals surface area (Å²) in [4.78, 5) is 50.0. The van der Waals surface area contributed by atoms with Crippen LogP contribution in [0.15, 0.2) is 12.7 Å². The molecular formula is C19H23ClN4O7. The number of Topliss-reactive ketones (excluding diaryl/α,β-unsaturated/α-hetero) is 3. The second-order valence-electron chi connectivity index (χ2n) is 7.25. The molecular weight excluding hydrogens is 432 g/mol. The van der Waals surface area contributed by atoms with Gasteiger partial charge in [0.15, 0.2) is 40.0 Å². The second kappa shape index (κ2) is 8.32. The summed E-state index contributed by atoms with van der Waals surface area (Å²) in [5.41, 5.74) is -5.58. The Morgan fingerprint density at radius 3 is 2.29 bits per heavy atom. The largest absolute Gasteiger partial charge is 0.382 e. The number of halogens is 1. The lowest BCUT2D eigenvalue weighted by atomic mass is 9.71. The van der Waals surface area contributed by atoms with Crippen LogP contribution in [0.2, 0.25) is 5.15 Å². The van der Waals surface area contributed by atoms with Gasteiger partial charge in [0.2, 0.25) is 5.60 Å².